The van der Waals surface area contributed by atoms with Crippen LogP contribution in [0.25, 0.3) is 0 Å². The molecule has 0 radical (unpaired) electrons. The second kappa shape index (κ2) is 7.65. The summed E-state index contributed by atoms with van der Waals surface area (Å²) < 4.78 is 24.0. The van der Waals surface area contributed by atoms with Crippen molar-refractivity contribution in [1.82, 2.24) is 9.78 Å². The first-order valence-electron chi connectivity index (χ1n) is 8.19. The highest BCUT2D eigenvalue weighted by atomic mass is 35.5. The second-order valence-corrected chi connectivity index (χ2v) is 8.70. The number of H-pyrrole nitrogens is 1. The Kier molecular flexibility index (Phi) is 5.44. The zero-order valence-electron chi connectivity index (χ0n) is 15.4. The first-order valence-corrected chi connectivity index (χ1v) is 10.5. The number of hydrogen-bond acceptors (Lipinski definition) is 5. The fraction of sp³-hybridized carbons (Fsp3) is 0.158. The summed E-state index contributed by atoms with van der Waals surface area (Å²) in [4.78, 5) is 25.4. The van der Waals surface area contributed by atoms with Crippen LogP contribution in [-0.2, 0) is 16.8 Å². The summed E-state index contributed by atoms with van der Waals surface area (Å²) in [7, 11) is 0.0739. The summed E-state index contributed by atoms with van der Waals surface area (Å²) in [6.45, 7) is 0. The van der Waals surface area contributed by atoms with E-state index in [1.165, 1.54) is 43.4 Å². The number of halogens is 1. The Morgan fingerprint density at radius 3 is 2.43 bits per heavy atom. The van der Waals surface area contributed by atoms with Crippen molar-refractivity contribution in [3.8, 4) is 5.75 Å². The average molecular weight is 420 g/mol. The number of benzene rings is 2. The number of rotatable bonds is 5. The fourth-order valence-electron chi connectivity index (χ4n) is 2.64. The van der Waals surface area contributed by atoms with Gasteiger partial charge in [0, 0.05) is 30.0 Å². The molecule has 1 unspecified atom stereocenters. The van der Waals surface area contributed by atoms with Crippen LogP contribution in [0.4, 0.5) is 5.69 Å². The lowest BCUT2D eigenvalue weighted by Crippen LogP contribution is -2.19. The largest absolute Gasteiger partial charge is 0.494 e. The van der Waals surface area contributed by atoms with Gasteiger partial charge in [0.1, 0.15) is 17.0 Å². The van der Waals surface area contributed by atoms with E-state index in [2.05, 4.69) is 9.46 Å². The van der Waals surface area contributed by atoms with Crippen LogP contribution in [0.3, 0.4) is 0 Å². The Morgan fingerprint density at radius 1 is 1.18 bits per heavy atom. The minimum atomic E-state index is -2.85. The van der Waals surface area contributed by atoms with E-state index in [0.29, 0.717) is 4.90 Å². The highest BCUT2D eigenvalue weighted by molar-refractivity contribution is 7.93. The molecule has 28 heavy (non-hydrogen) atoms. The number of ketones is 1. The van der Waals surface area contributed by atoms with Gasteiger partial charge in [-0.3, -0.25) is 14.3 Å². The van der Waals surface area contributed by atoms with E-state index in [4.69, 9.17) is 16.3 Å². The van der Waals surface area contributed by atoms with Gasteiger partial charge in [-0.2, -0.15) is 4.36 Å². The number of methoxy groups -OCH3 is 1. The van der Waals surface area contributed by atoms with E-state index in [1.807, 2.05) is 6.07 Å². The van der Waals surface area contributed by atoms with Gasteiger partial charge in [0.05, 0.1) is 21.9 Å². The van der Waals surface area contributed by atoms with Gasteiger partial charge in [-0.1, -0.05) is 29.8 Å². The van der Waals surface area contributed by atoms with Gasteiger partial charge >= 0.3 is 0 Å². The molecule has 7 nitrogen and oxygen atoms in total. The van der Waals surface area contributed by atoms with Crippen LogP contribution in [0.2, 0.25) is 5.02 Å². The highest BCUT2D eigenvalue weighted by Crippen LogP contribution is 2.39. The monoisotopic (exact) mass is 419 g/mol. The van der Waals surface area contributed by atoms with E-state index in [-0.39, 0.29) is 27.6 Å². The topological polar surface area (TPSA) is 93.5 Å². The standard InChI is InChI=1S/C19H18ClN3O4S/c1-23-19(25)14(11-21-23)18(24)13-9-10-15(27-2)17(16(13)20)22-28(3,26)12-7-5-4-6-8-12/h4-11,21H,1-3H3. The molecule has 0 bridgehead atoms. The fourth-order valence-corrected chi connectivity index (χ4v) is 4.27. The maximum atomic E-state index is 13.2. The Labute approximate surface area is 167 Å². The molecule has 0 aliphatic carbocycles. The van der Waals surface area contributed by atoms with Gasteiger partial charge < -0.3 is 9.84 Å². The number of aromatic amines is 1. The normalized spacial score (nSPS) is 13.0. The van der Waals surface area contributed by atoms with E-state index in [1.54, 1.807) is 24.3 Å². The molecule has 0 aliphatic rings. The third-order valence-electron chi connectivity index (χ3n) is 4.17. The average Bonchev–Trinajstić information content (AvgIpc) is 3.02. The molecule has 146 valence electrons. The summed E-state index contributed by atoms with van der Waals surface area (Å²) in [5.74, 6) is -0.290. The van der Waals surface area contributed by atoms with Crippen molar-refractivity contribution < 1.29 is 13.7 Å². The van der Waals surface area contributed by atoms with Crippen molar-refractivity contribution in [2.45, 2.75) is 4.90 Å². The molecule has 3 rings (SSSR count). The molecular formula is C19H18ClN3O4S. The van der Waals surface area contributed by atoms with Crippen LogP contribution in [-0.4, -0.2) is 33.1 Å². The number of nitrogens with one attached hydrogen (secondary N) is 1. The van der Waals surface area contributed by atoms with Gasteiger partial charge in [-0.15, -0.1) is 0 Å². The number of carbonyl (C=O) groups is 1. The van der Waals surface area contributed by atoms with Gasteiger partial charge in [0.2, 0.25) is 5.78 Å². The Balaban J connectivity index is 2.20. The summed E-state index contributed by atoms with van der Waals surface area (Å²) >= 11 is 6.45. The zero-order chi connectivity index (χ0) is 20.5. The van der Waals surface area contributed by atoms with E-state index < -0.39 is 21.1 Å². The van der Waals surface area contributed by atoms with Crippen LogP contribution in [0.15, 0.2) is 62.7 Å². The van der Waals surface area contributed by atoms with Crippen molar-refractivity contribution in [3.05, 3.63) is 75.2 Å². The third-order valence-corrected chi connectivity index (χ3v) is 6.23. The molecule has 0 amide bonds. The predicted octanol–water partition coefficient (Wildman–Crippen LogP) is 3.39. The lowest BCUT2D eigenvalue weighted by Gasteiger charge is -2.12. The number of hydrogen-bond donors (Lipinski definition) is 1. The first-order chi connectivity index (χ1) is 13.3. The van der Waals surface area contributed by atoms with Crippen LogP contribution in [0.5, 0.6) is 5.75 Å². The third kappa shape index (κ3) is 3.61. The van der Waals surface area contributed by atoms with E-state index in [9.17, 15) is 13.8 Å². The molecule has 0 spiro atoms. The molecular weight excluding hydrogens is 402 g/mol. The van der Waals surface area contributed by atoms with Crippen molar-refractivity contribution >= 4 is 32.8 Å². The van der Waals surface area contributed by atoms with Gasteiger partial charge in [-0.25, -0.2) is 4.21 Å². The number of carbonyl (C=O) groups excluding carboxylic acids is 1. The second-order valence-electron chi connectivity index (χ2n) is 6.07. The number of aryl methyl sites for hydroxylation is 1. The SMILES string of the molecule is COc1ccc(C(=O)c2c[nH]n(C)c2=O)c(Cl)c1N=S(C)(=O)c1ccccc1. The van der Waals surface area contributed by atoms with E-state index >= 15 is 0 Å². The molecule has 9 heteroatoms. The molecule has 2 aromatic carbocycles. The Bertz CT molecular complexity index is 1220. The highest BCUT2D eigenvalue weighted by Gasteiger charge is 2.23. The number of ether oxygens (including phenoxy) is 1. The number of nitrogens with zero attached hydrogens (tertiary/aromatic N) is 2. The lowest BCUT2D eigenvalue weighted by atomic mass is 10.1. The van der Waals surface area contributed by atoms with Crippen molar-refractivity contribution in [2.75, 3.05) is 13.4 Å². The van der Waals surface area contributed by atoms with Crippen molar-refractivity contribution in [1.29, 1.82) is 0 Å². The molecule has 1 aromatic heterocycles. The minimum absolute atomic E-state index is 0.0295. The van der Waals surface area contributed by atoms with E-state index in [0.717, 1.165) is 0 Å². The maximum absolute atomic E-state index is 13.2. The molecule has 1 N–H and O–H groups in total. The summed E-state index contributed by atoms with van der Waals surface area (Å²) in [5, 5.41) is 2.62. The Morgan fingerprint density at radius 2 is 1.86 bits per heavy atom. The molecule has 1 atom stereocenters. The van der Waals surface area contributed by atoms with Crippen molar-refractivity contribution in [3.63, 3.8) is 0 Å². The molecule has 1 heterocycles. The smallest absolute Gasteiger partial charge is 0.277 e. The molecule has 0 saturated carbocycles. The van der Waals surface area contributed by atoms with Crippen LogP contribution < -0.4 is 10.3 Å². The summed E-state index contributed by atoms with van der Waals surface area (Å²) in [6, 6.07) is 11.7. The first kappa shape index (κ1) is 19.9. The quantitative estimate of drug-likeness (QED) is 0.641. The van der Waals surface area contributed by atoms with Gasteiger partial charge in [0.15, 0.2) is 0 Å². The lowest BCUT2D eigenvalue weighted by molar-refractivity contribution is 0.103. The van der Waals surface area contributed by atoms with Crippen LogP contribution in [0, 0.1) is 0 Å². The maximum Gasteiger partial charge on any atom is 0.277 e. The minimum Gasteiger partial charge on any atom is -0.494 e. The summed E-state index contributed by atoms with van der Waals surface area (Å²) in [6.07, 6.45) is 2.80. The molecule has 0 saturated heterocycles. The zero-order valence-corrected chi connectivity index (χ0v) is 17.0. The van der Waals surface area contributed by atoms with Gasteiger partial charge in [-0.05, 0) is 24.3 Å². The van der Waals surface area contributed by atoms with Crippen LogP contribution >= 0.6 is 11.6 Å². The predicted molar refractivity (Wildman–Crippen MR) is 108 cm³/mol. The van der Waals surface area contributed by atoms with Crippen molar-refractivity contribution in [2.24, 2.45) is 11.4 Å². The molecule has 3 aromatic rings. The van der Waals surface area contributed by atoms with Crippen LogP contribution in [0.1, 0.15) is 15.9 Å². The summed E-state index contributed by atoms with van der Waals surface area (Å²) in [5.41, 5.74) is -0.361. The molecule has 0 fully saturated rings. The Hall–Kier alpha value is -2.84. The number of aromatic nitrogens is 2. The van der Waals surface area contributed by atoms with Gasteiger partial charge in [0.25, 0.3) is 5.56 Å². The molecule has 0 aliphatic heterocycles.